The summed E-state index contributed by atoms with van der Waals surface area (Å²) in [5.41, 5.74) is 4.00. The topological polar surface area (TPSA) is 59.9 Å². The van der Waals surface area contributed by atoms with Crippen molar-refractivity contribution in [1.82, 2.24) is 15.0 Å². The van der Waals surface area contributed by atoms with Crippen molar-refractivity contribution >= 4 is 17.3 Å². The van der Waals surface area contributed by atoms with Gasteiger partial charge in [0, 0.05) is 36.3 Å². The highest BCUT2D eigenvalue weighted by molar-refractivity contribution is 7.13. The van der Waals surface area contributed by atoms with Gasteiger partial charge in [0.15, 0.2) is 0 Å². The van der Waals surface area contributed by atoms with E-state index in [1.54, 1.807) is 30.8 Å². The second kappa shape index (κ2) is 7.97. The van der Waals surface area contributed by atoms with E-state index in [0.29, 0.717) is 12.5 Å². The number of hydrogen-bond acceptors (Lipinski definition) is 6. The van der Waals surface area contributed by atoms with Gasteiger partial charge in [0.05, 0.1) is 17.7 Å². The summed E-state index contributed by atoms with van der Waals surface area (Å²) >= 11 is 1.66. The van der Waals surface area contributed by atoms with Gasteiger partial charge in [-0.1, -0.05) is 24.3 Å². The van der Waals surface area contributed by atoms with E-state index >= 15 is 0 Å². The standard InChI is InChI=1S/C21H18N4OS/c1-26-18-6-3-2-5-16(18)13-23-21-24-14-17(15-8-10-22-11-9-15)20(25-21)19-7-4-12-27-19/h2-12,14H,13H2,1H3,(H,23,24,25). The molecule has 3 heterocycles. The zero-order valence-corrected chi connectivity index (χ0v) is 15.6. The Bertz CT molecular complexity index is 1020. The third kappa shape index (κ3) is 3.80. The van der Waals surface area contributed by atoms with E-state index in [4.69, 9.17) is 9.72 Å². The minimum absolute atomic E-state index is 0.585. The molecule has 4 aromatic rings. The first kappa shape index (κ1) is 17.2. The minimum atomic E-state index is 0.585. The molecule has 3 aromatic heterocycles. The third-order valence-electron chi connectivity index (χ3n) is 4.16. The number of benzene rings is 1. The molecule has 0 saturated carbocycles. The first-order valence-electron chi connectivity index (χ1n) is 8.52. The van der Waals surface area contributed by atoms with Crippen LogP contribution in [0, 0.1) is 0 Å². The predicted octanol–water partition coefficient (Wildman–Crippen LogP) is 4.89. The maximum atomic E-state index is 5.41. The lowest BCUT2D eigenvalue weighted by Gasteiger charge is -2.12. The van der Waals surface area contributed by atoms with Gasteiger partial charge in [-0.3, -0.25) is 4.98 Å². The average molecular weight is 374 g/mol. The van der Waals surface area contributed by atoms with Crippen LogP contribution in [0.15, 0.2) is 72.5 Å². The maximum absolute atomic E-state index is 5.41. The lowest BCUT2D eigenvalue weighted by atomic mass is 10.1. The Hall–Kier alpha value is -3.25. The molecule has 0 aliphatic carbocycles. The number of ether oxygens (including phenoxy) is 1. The Morgan fingerprint density at radius 1 is 1.04 bits per heavy atom. The summed E-state index contributed by atoms with van der Waals surface area (Å²) < 4.78 is 5.41. The van der Waals surface area contributed by atoms with E-state index < -0.39 is 0 Å². The first-order chi connectivity index (χ1) is 13.3. The van der Waals surface area contributed by atoms with Crippen molar-refractivity contribution in [2.24, 2.45) is 0 Å². The van der Waals surface area contributed by atoms with Crippen molar-refractivity contribution in [2.75, 3.05) is 12.4 Å². The second-order valence-corrected chi connectivity index (χ2v) is 6.78. The second-order valence-electron chi connectivity index (χ2n) is 5.83. The molecule has 5 nitrogen and oxygen atoms in total. The molecule has 0 unspecified atom stereocenters. The largest absolute Gasteiger partial charge is 0.496 e. The number of thiophene rings is 1. The molecule has 0 spiro atoms. The van der Waals surface area contributed by atoms with E-state index in [0.717, 1.165) is 33.0 Å². The fraction of sp³-hybridized carbons (Fsp3) is 0.0952. The normalized spacial score (nSPS) is 10.6. The monoisotopic (exact) mass is 374 g/mol. The van der Waals surface area contributed by atoms with Crippen molar-refractivity contribution in [3.63, 3.8) is 0 Å². The Kier molecular flexibility index (Phi) is 5.07. The third-order valence-corrected chi connectivity index (χ3v) is 5.04. The van der Waals surface area contributed by atoms with E-state index in [1.165, 1.54) is 0 Å². The zero-order chi connectivity index (χ0) is 18.5. The highest BCUT2D eigenvalue weighted by Crippen LogP contribution is 2.33. The number of anilines is 1. The number of aromatic nitrogens is 3. The molecule has 0 bridgehead atoms. The van der Waals surface area contributed by atoms with Crippen LogP contribution < -0.4 is 10.1 Å². The van der Waals surface area contributed by atoms with Gasteiger partial charge in [-0.15, -0.1) is 11.3 Å². The van der Waals surface area contributed by atoms with Crippen LogP contribution in [0.4, 0.5) is 5.95 Å². The molecule has 0 aliphatic heterocycles. The molecule has 0 amide bonds. The quantitative estimate of drug-likeness (QED) is 0.521. The summed E-state index contributed by atoms with van der Waals surface area (Å²) in [6.07, 6.45) is 5.42. The van der Waals surface area contributed by atoms with Crippen LogP contribution in [-0.4, -0.2) is 22.1 Å². The first-order valence-corrected chi connectivity index (χ1v) is 9.40. The smallest absolute Gasteiger partial charge is 0.223 e. The molecule has 134 valence electrons. The molecular weight excluding hydrogens is 356 g/mol. The molecule has 0 radical (unpaired) electrons. The molecule has 4 rings (SSSR count). The van der Waals surface area contributed by atoms with Gasteiger partial charge in [-0.25, -0.2) is 9.97 Å². The van der Waals surface area contributed by atoms with Crippen LogP contribution in [0.25, 0.3) is 21.7 Å². The Balaban J connectivity index is 1.66. The van der Waals surface area contributed by atoms with Crippen molar-refractivity contribution in [3.05, 3.63) is 78.1 Å². The maximum Gasteiger partial charge on any atom is 0.223 e. The molecule has 0 saturated heterocycles. The van der Waals surface area contributed by atoms with Crippen LogP contribution in [0.2, 0.25) is 0 Å². The predicted molar refractivity (Wildman–Crippen MR) is 109 cm³/mol. The molecular formula is C21H18N4OS. The van der Waals surface area contributed by atoms with Crippen molar-refractivity contribution in [1.29, 1.82) is 0 Å². The number of rotatable bonds is 6. The lowest BCUT2D eigenvalue weighted by molar-refractivity contribution is 0.410. The van der Waals surface area contributed by atoms with E-state index in [9.17, 15) is 0 Å². The van der Waals surface area contributed by atoms with Crippen molar-refractivity contribution < 1.29 is 4.74 Å². The fourth-order valence-corrected chi connectivity index (χ4v) is 3.56. The lowest BCUT2D eigenvalue weighted by Crippen LogP contribution is -2.06. The van der Waals surface area contributed by atoms with Gasteiger partial charge in [0.1, 0.15) is 5.75 Å². The van der Waals surface area contributed by atoms with Crippen molar-refractivity contribution in [3.8, 4) is 27.4 Å². The molecule has 6 heteroatoms. The SMILES string of the molecule is COc1ccccc1CNc1ncc(-c2ccncc2)c(-c2cccs2)n1. The van der Waals surface area contributed by atoms with Gasteiger partial charge in [0.25, 0.3) is 0 Å². The Morgan fingerprint density at radius 3 is 2.67 bits per heavy atom. The fourth-order valence-electron chi connectivity index (χ4n) is 2.83. The summed E-state index contributed by atoms with van der Waals surface area (Å²) in [6, 6.07) is 16.0. The summed E-state index contributed by atoms with van der Waals surface area (Å²) in [7, 11) is 1.67. The van der Waals surface area contributed by atoms with Crippen LogP contribution in [-0.2, 0) is 6.54 Å². The number of hydrogen-bond donors (Lipinski definition) is 1. The van der Waals surface area contributed by atoms with Gasteiger partial charge in [-0.05, 0) is 35.2 Å². The number of pyridine rings is 1. The van der Waals surface area contributed by atoms with E-state index in [2.05, 4.69) is 26.7 Å². The number of nitrogens with zero attached hydrogens (tertiary/aromatic N) is 3. The summed E-state index contributed by atoms with van der Waals surface area (Å²) in [5.74, 6) is 1.43. The molecule has 0 aliphatic rings. The highest BCUT2D eigenvalue weighted by Gasteiger charge is 2.13. The van der Waals surface area contributed by atoms with Crippen LogP contribution >= 0.6 is 11.3 Å². The summed E-state index contributed by atoms with van der Waals surface area (Å²) in [6.45, 7) is 0.586. The number of para-hydroxylation sites is 1. The molecule has 27 heavy (non-hydrogen) atoms. The number of nitrogens with one attached hydrogen (secondary N) is 1. The summed E-state index contributed by atoms with van der Waals surface area (Å²) in [5, 5.41) is 5.36. The van der Waals surface area contributed by atoms with Gasteiger partial charge in [0.2, 0.25) is 5.95 Å². The van der Waals surface area contributed by atoms with Gasteiger partial charge in [-0.2, -0.15) is 0 Å². The Morgan fingerprint density at radius 2 is 1.89 bits per heavy atom. The van der Waals surface area contributed by atoms with E-state index in [1.807, 2.05) is 48.7 Å². The van der Waals surface area contributed by atoms with E-state index in [-0.39, 0.29) is 0 Å². The van der Waals surface area contributed by atoms with Crippen LogP contribution in [0.3, 0.4) is 0 Å². The van der Waals surface area contributed by atoms with Gasteiger partial charge >= 0.3 is 0 Å². The average Bonchev–Trinajstić information content (AvgIpc) is 3.28. The minimum Gasteiger partial charge on any atom is -0.496 e. The van der Waals surface area contributed by atoms with Gasteiger partial charge < -0.3 is 10.1 Å². The zero-order valence-electron chi connectivity index (χ0n) is 14.8. The molecule has 1 aromatic carbocycles. The Labute approximate surface area is 161 Å². The van der Waals surface area contributed by atoms with Crippen LogP contribution in [0.1, 0.15) is 5.56 Å². The summed E-state index contributed by atoms with van der Waals surface area (Å²) in [4.78, 5) is 14.5. The van der Waals surface area contributed by atoms with Crippen molar-refractivity contribution in [2.45, 2.75) is 6.54 Å². The molecule has 0 atom stereocenters. The van der Waals surface area contributed by atoms with Crippen LogP contribution in [0.5, 0.6) is 5.75 Å². The highest BCUT2D eigenvalue weighted by atomic mass is 32.1. The molecule has 0 fully saturated rings. The number of methoxy groups -OCH3 is 1. The molecule has 1 N–H and O–H groups in total.